The SMILES string of the molecule is Cc1ccc(N2CCC(C(=O)NCCCN3CCOCC3)CC2)cc1. The molecule has 2 fully saturated rings. The lowest BCUT2D eigenvalue weighted by molar-refractivity contribution is -0.125. The molecule has 0 bridgehead atoms. The number of carbonyl (C=O) groups is 1. The van der Waals surface area contributed by atoms with Gasteiger partial charge < -0.3 is 15.0 Å². The maximum absolute atomic E-state index is 12.4. The Morgan fingerprint density at radius 3 is 2.48 bits per heavy atom. The smallest absolute Gasteiger partial charge is 0.223 e. The average molecular weight is 345 g/mol. The number of amides is 1. The van der Waals surface area contributed by atoms with Crippen molar-refractivity contribution in [2.24, 2.45) is 5.92 Å². The van der Waals surface area contributed by atoms with Crippen molar-refractivity contribution in [2.75, 3.05) is 57.4 Å². The van der Waals surface area contributed by atoms with Crippen molar-refractivity contribution in [1.82, 2.24) is 10.2 Å². The molecule has 25 heavy (non-hydrogen) atoms. The van der Waals surface area contributed by atoms with Crippen molar-refractivity contribution in [3.05, 3.63) is 29.8 Å². The zero-order valence-electron chi connectivity index (χ0n) is 15.4. The summed E-state index contributed by atoms with van der Waals surface area (Å²) < 4.78 is 5.35. The Morgan fingerprint density at radius 1 is 1.12 bits per heavy atom. The van der Waals surface area contributed by atoms with Crippen LogP contribution in [0, 0.1) is 12.8 Å². The molecule has 1 aromatic rings. The summed E-state index contributed by atoms with van der Waals surface area (Å²) in [5.41, 5.74) is 2.56. The van der Waals surface area contributed by atoms with Gasteiger partial charge in [0.05, 0.1) is 13.2 Å². The van der Waals surface area contributed by atoms with Gasteiger partial charge in [0, 0.05) is 44.3 Å². The molecule has 0 radical (unpaired) electrons. The Labute approximate surface area is 151 Å². The fourth-order valence-corrected chi connectivity index (χ4v) is 3.64. The minimum atomic E-state index is 0.171. The van der Waals surface area contributed by atoms with Crippen LogP contribution in [0.25, 0.3) is 0 Å². The summed E-state index contributed by atoms with van der Waals surface area (Å²) in [6.07, 6.45) is 2.92. The predicted octanol–water partition coefficient (Wildman–Crippen LogP) is 2.05. The number of aryl methyl sites for hydroxylation is 1. The van der Waals surface area contributed by atoms with Crippen molar-refractivity contribution in [2.45, 2.75) is 26.2 Å². The second-order valence-corrected chi connectivity index (χ2v) is 7.20. The third kappa shape index (κ3) is 5.44. The quantitative estimate of drug-likeness (QED) is 0.802. The Morgan fingerprint density at radius 2 is 1.80 bits per heavy atom. The Kier molecular flexibility index (Phi) is 6.70. The van der Waals surface area contributed by atoms with E-state index in [9.17, 15) is 4.79 Å². The fourth-order valence-electron chi connectivity index (χ4n) is 3.64. The first-order chi connectivity index (χ1) is 12.2. The monoisotopic (exact) mass is 345 g/mol. The van der Waals surface area contributed by atoms with Gasteiger partial charge in [0.1, 0.15) is 0 Å². The van der Waals surface area contributed by atoms with E-state index in [0.717, 1.165) is 71.7 Å². The number of morpholine rings is 1. The zero-order chi connectivity index (χ0) is 17.5. The van der Waals surface area contributed by atoms with Crippen LogP contribution in [0.2, 0.25) is 0 Å². The van der Waals surface area contributed by atoms with Gasteiger partial charge in [0.15, 0.2) is 0 Å². The molecule has 0 spiro atoms. The van der Waals surface area contributed by atoms with E-state index in [1.54, 1.807) is 0 Å². The number of benzene rings is 1. The highest BCUT2D eigenvalue weighted by atomic mass is 16.5. The van der Waals surface area contributed by atoms with Gasteiger partial charge in [-0.3, -0.25) is 9.69 Å². The molecule has 5 heteroatoms. The summed E-state index contributed by atoms with van der Waals surface area (Å²) in [5.74, 6) is 0.413. The minimum Gasteiger partial charge on any atom is -0.379 e. The van der Waals surface area contributed by atoms with Gasteiger partial charge in [-0.2, -0.15) is 0 Å². The van der Waals surface area contributed by atoms with E-state index >= 15 is 0 Å². The van der Waals surface area contributed by atoms with Crippen molar-refractivity contribution in [3.8, 4) is 0 Å². The van der Waals surface area contributed by atoms with E-state index in [4.69, 9.17) is 4.74 Å². The molecule has 1 amide bonds. The largest absolute Gasteiger partial charge is 0.379 e. The number of hydrogen-bond donors (Lipinski definition) is 1. The molecule has 2 aliphatic rings. The number of rotatable bonds is 6. The number of nitrogens with zero attached hydrogens (tertiary/aromatic N) is 2. The van der Waals surface area contributed by atoms with Crippen LogP contribution in [0.15, 0.2) is 24.3 Å². The number of anilines is 1. The van der Waals surface area contributed by atoms with E-state index in [0.29, 0.717) is 0 Å². The van der Waals surface area contributed by atoms with E-state index in [-0.39, 0.29) is 11.8 Å². The first-order valence-corrected chi connectivity index (χ1v) is 9.62. The molecule has 2 saturated heterocycles. The van der Waals surface area contributed by atoms with Crippen LogP contribution >= 0.6 is 0 Å². The molecule has 3 rings (SSSR count). The van der Waals surface area contributed by atoms with Crippen LogP contribution in [-0.4, -0.2) is 63.3 Å². The molecule has 0 saturated carbocycles. The summed E-state index contributed by atoms with van der Waals surface area (Å²) in [6.45, 7) is 9.60. The molecular formula is C20H31N3O2. The van der Waals surface area contributed by atoms with Gasteiger partial charge in [-0.1, -0.05) is 17.7 Å². The van der Waals surface area contributed by atoms with Gasteiger partial charge in [-0.25, -0.2) is 0 Å². The number of hydrogen-bond acceptors (Lipinski definition) is 4. The zero-order valence-corrected chi connectivity index (χ0v) is 15.4. The Bertz CT molecular complexity index is 532. The molecule has 0 unspecified atom stereocenters. The fraction of sp³-hybridized carbons (Fsp3) is 0.650. The van der Waals surface area contributed by atoms with Crippen molar-refractivity contribution < 1.29 is 9.53 Å². The van der Waals surface area contributed by atoms with E-state index in [1.807, 2.05) is 0 Å². The van der Waals surface area contributed by atoms with Crippen LogP contribution in [0.4, 0.5) is 5.69 Å². The highest BCUT2D eigenvalue weighted by molar-refractivity contribution is 5.79. The first-order valence-electron chi connectivity index (χ1n) is 9.62. The molecule has 1 N–H and O–H groups in total. The molecular weight excluding hydrogens is 314 g/mol. The third-order valence-electron chi connectivity index (χ3n) is 5.32. The Hall–Kier alpha value is -1.59. The maximum Gasteiger partial charge on any atom is 0.223 e. The molecule has 2 aliphatic heterocycles. The average Bonchev–Trinajstić information content (AvgIpc) is 2.67. The number of nitrogens with one attached hydrogen (secondary N) is 1. The highest BCUT2D eigenvalue weighted by Crippen LogP contribution is 2.23. The second-order valence-electron chi connectivity index (χ2n) is 7.20. The third-order valence-corrected chi connectivity index (χ3v) is 5.32. The lowest BCUT2D eigenvalue weighted by Crippen LogP contribution is -2.42. The van der Waals surface area contributed by atoms with Crippen molar-refractivity contribution in [1.29, 1.82) is 0 Å². The van der Waals surface area contributed by atoms with E-state index in [2.05, 4.69) is 46.3 Å². The van der Waals surface area contributed by atoms with Crippen LogP contribution in [-0.2, 0) is 9.53 Å². The molecule has 0 atom stereocenters. The van der Waals surface area contributed by atoms with Crippen molar-refractivity contribution >= 4 is 11.6 Å². The molecule has 0 aliphatic carbocycles. The van der Waals surface area contributed by atoms with E-state index in [1.165, 1.54) is 11.3 Å². The number of piperidine rings is 1. The normalized spacial score (nSPS) is 19.8. The summed E-state index contributed by atoms with van der Waals surface area (Å²) in [5, 5.41) is 3.14. The summed E-state index contributed by atoms with van der Waals surface area (Å²) in [6, 6.07) is 8.67. The van der Waals surface area contributed by atoms with Crippen LogP contribution in [0.3, 0.4) is 0 Å². The molecule has 0 aromatic heterocycles. The van der Waals surface area contributed by atoms with E-state index < -0.39 is 0 Å². The van der Waals surface area contributed by atoms with Gasteiger partial charge in [-0.05, 0) is 44.9 Å². The summed E-state index contributed by atoms with van der Waals surface area (Å²) >= 11 is 0. The highest BCUT2D eigenvalue weighted by Gasteiger charge is 2.24. The van der Waals surface area contributed by atoms with Crippen LogP contribution in [0.1, 0.15) is 24.8 Å². The van der Waals surface area contributed by atoms with Gasteiger partial charge in [-0.15, -0.1) is 0 Å². The Balaban J connectivity index is 1.33. The summed E-state index contributed by atoms with van der Waals surface area (Å²) in [7, 11) is 0. The topological polar surface area (TPSA) is 44.8 Å². The molecule has 2 heterocycles. The lowest BCUT2D eigenvalue weighted by atomic mass is 9.95. The van der Waals surface area contributed by atoms with Crippen LogP contribution < -0.4 is 10.2 Å². The standard InChI is InChI=1S/C20H31N3O2/c1-17-3-5-19(6-4-17)23-11-7-18(8-12-23)20(24)21-9-2-10-22-13-15-25-16-14-22/h3-6,18H,2,7-16H2,1H3,(H,21,24). The van der Waals surface area contributed by atoms with Gasteiger partial charge >= 0.3 is 0 Å². The van der Waals surface area contributed by atoms with Crippen LogP contribution in [0.5, 0.6) is 0 Å². The molecule has 1 aromatic carbocycles. The lowest BCUT2D eigenvalue weighted by Gasteiger charge is -2.33. The predicted molar refractivity (Wildman–Crippen MR) is 101 cm³/mol. The first kappa shape index (κ1) is 18.2. The minimum absolute atomic E-state index is 0.171. The second kappa shape index (κ2) is 9.20. The van der Waals surface area contributed by atoms with Crippen molar-refractivity contribution in [3.63, 3.8) is 0 Å². The van der Waals surface area contributed by atoms with Gasteiger partial charge in [0.2, 0.25) is 5.91 Å². The maximum atomic E-state index is 12.4. The summed E-state index contributed by atoms with van der Waals surface area (Å²) in [4.78, 5) is 17.2. The molecule has 138 valence electrons. The number of ether oxygens (including phenoxy) is 1. The number of carbonyl (C=O) groups excluding carboxylic acids is 1. The molecule has 5 nitrogen and oxygen atoms in total. The van der Waals surface area contributed by atoms with Gasteiger partial charge in [0.25, 0.3) is 0 Å².